The fourth-order valence-electron chi connectivity index (χ4n) is 1.86. The topological polar surface area (TPSA) is 59.4 Å². The number of thiazole rings is 1. The van der Waals surface area contributed by atoms with Gasteiger partial charge in [-0.25, -0.2) is 9.78 Å². The molecule has 110 valence electrons. The average molecular weight is 368 g/mol. The predicted octanol–water partition coefficient (Wildman–Crippen LogP) is 4.20. The number of aliphatic carboxylic acids is 1. The summed E-state index contributed by atoms with van der Waals surface area (Å²) in [7, 11) is 0. The average Bonchev–Trinajstić information content (AvgIpc) is 2.80. The third-order valence-corrected chi connectivity index (χ3v) is 3.98. The molecule has 0 spiro atoms. The Morgan fingerprint density at radius 3 is 2.86 bits per heavy atom. The Balaban J connectivity index is 2.26. The Hall–Kier alpha value is -1.66. The van der Waals surface area contributed by atoms with E-state index in [1.54, 1.807) is 11.3 Å². The highest BCUT2D eigenvalue weighted by Crippen LogP contribution is 2.30. The third-order valence-electron chi connectivity index (χ3n) is 2.70. The summed E-state index contributed by atoms with van der Waals surface area (Å²) in [4.78, 5) is 15.0. The molecule has 6 heteroatoms. The highest BCUT2D eigenvalue weighted by Gasteiger charge is 2.09. The van der Waals surface area contributed by atoms with E-state index in [2.05, 4.69) is 20.9 Å². The normalized spacial score (nSPS) is 11.0. The first kappa shape index (κ1) is 15.7. The van der Waals surface area contributed by atoms with Crippen LogP contribution >= 0.6 is 27.3 Å². The molecule has 1 aromatic carbocycles. The van der Waals surface area contributed by atoms with Crippen LogP contribution in [-0.4, -0.2) is 16.1 Å². The van der Waals surface area contributed by atoms with Gasteiger partial charge in [0.05, 0.1) is 10.7 Å². The standard InChI is InChI=1S/C15H14BrNO3S/c1-9-5-12(16)6-11(3-4-14(18)19)15(9)20-7-13-8-21-10(2)17-13/h3-6,8H,7H2,1-2H3,(H,18,19)/b4-3+. The molecular formula is C15H14BrNO3S. The summed E-state index contributed by atoms with van der Waals surface area (Å²) in [6, 6.07) is 3.76. The number of halogens is 1. The van der Waals surface area contributed by atoms with Crippen LogP contribution in [0, 0.1) is 13.8 Å². The summed E-state index contributed by atoms with van der Waals surface area (Å²) in [6.07, 6.45) is 2.63. The molecule has 2 aromatic rings. The lowest BCUT2D eigenvalue weighted by Crippen LogP contribution is -2.00. The van der Waals surface area contributed by atoms with Crippen LogP contribution in [0.2, 0.25) is 0 Å². The molecule has 0 unspecified atom stereocenters. The largest absolute Gasteiger partial charge is 0.486 e. The number of benzene rings is 1. The van der Waals surface area contributed by atoms with Crippen molar-refractivity contribution in [2.75, 3.05) is 0 Å². The molecule has 0 aliphatic rings. The van der Waals surface area contributed by atoms with Gasteiger partial charge in [0.15, 0.2) is 0 Å². The maximum absolute atomic E-state index is 10.7. The van der Waals surface area contributed by atoms with Crippen molar-refractivity contribution in [2.45, 2.75) is 20.5 Å². The number of nitrogens with zero attached hydrogens (tertiary/aromatic N) is 1. The van der Waals surface area contributed by atoms with Gasteiger partial charge in [-0.2, -0.15) is 0 Å². The number of hydrogen-bond acceptors (Lipinski definition) is 4. The van der Waals surface area contributed by atoms with E-state index in [1.165, 1.54) is 6.08 Å². The SMILES string of the molecule is Cc1nc(COc2c(C)cc(Br)cc2/C=C/C(=O)O)cs1. The Kier molecular flexibility index (Phi) is 5.14. The van der Waals surface area contributed by atoms with Crippen LogP contribution in [0.4, 0.5) is 0 Å². The van der Waals surface area contributed by atoms with E-state index in [0.717, 1.165) is 32.4 Å². The minimum Gasteiger partial charge on any atom is -0.486 e. The molecule has 21 heavy (non-hydrogen) atoms. The van der Waals surface area contributed by atoms with Crippen LogP contribution in [0.1, 0.15) is 21.8 Å². The van der Waals surface area contributed by atoms with Crippen molar-refractivity contribution in [3.8, 4) is 5.75 Å². The number of carboxylic acids is 1. The fourth-order valence-corrected chi connectivity index (χ4v) is 3.05. The van der Waals surface area contributed by atoms with Gasteiger partial charge in [-0.1, -0.05) is 15.9 Å². The first-order valence-electron chi connectivity index (χ1n) is 6.20. The Labute approximate surface area is 135 Å². The molecule has 0 radical (unpaired) electrons. The molecule has 0 amide bonds. The molecule has 2 rings (SSSR count). The van der Waals surface area contributed by atoms with Gasteiger partial charge in [-0.15, -0.1) is 11.3 Å². The summed E-state index contributed by atoms with van der Waals surface area (Å²) in [6.45, 7) is 4.23. The number of hydrogen-bond donors (Lipinski definition) is 1. The van der Waals surface area contributed by atoms with Crippen LogP contribution in [0.15, 0.2) is 28.1 Å². The minimum absolute atomic E-state index is 0.362. The number of carboxylic acid groups (broad SMARTS) is 1. The van der Waals surface area contributed by atoms with Crippen molar-refractivity contribution < 1.29 is 14.6 Å². The number of carbonyl (C=O) groups is 1. The molecule has 0 fully saturated rings. The molecule has 1 N–H and O–H groups in total. The zero-order chi connectivity index (χ0) is 15.4. The summed E-state index contributed by atoms with van der Waals surface area (Å²) in [5.41, 5.74) is 2.52. The van der Waals surface area contributed by atoms with Gasteiger partial charge >= 0.3 is 5.97 Å². The van der Waals surface area contributed by atoms with Crippen molar-refractivity contribution in [3.63, 3.8) is 0 Å². The van der Waals surface area contributed by atoms with E-state index in [-0.39, 0.29) is 0 Å². The van der Waals surface area contributed by atoms with E-state index < -0.39 is 5.97 Å². The van der Waals surface area contributed by atoms with Crippen LogP contribution in [0.3, 0.4) is 0 Å². The molecule has 0 aliphatic carbocycles. The van der Waals surface area contributed by atoms with E-state index in [9.17, 15) is 4.79 Å². The molecule has 1 aromatic heterocycles. The van der Waals surface area contributed by atoms with Gasteiger partial charge in [-0.3, -0.25) is 0 Å². The summed E-state index contributed by atoms with van der Waals surface area (Å²) >= 11 is 4.98. The second-order valence-corrected chi connectivity index (χ2v) is 6.44. The summed E-state index contributed by atoms with van der Waals surface area (Å²) in [5.74, 6) is -0.324. The number of rotatable bonds is 5. The first-order valence-corrected chi connectivity index (χ1v) is 7.88. The second kappa shape index (κ2) is 6.87. The molecule has 0 aliphatic heterocycles. The van der Waals surface area contributed by atoms with Crippen molar-refractivity contribution >= 4 is 39.3 Å². The number of ether oxygens (including phenoxy) is 1. The molecule has 1 heterocycles. The molecule has 0 saturated heterocycles. The van der Waals surface area contributed by atoms with Crippen LogP contribution in [0.25, 0.3) is 6.08 Å². The summed E-state index contributed by atoms with van der Waals surface area (Å²) in [5, 5.41) is 11.7. The van der Waals surface area contributed by atoms with Gasteiger partial charge in [0.1, 0.15) is 12.4 Å². The molecule has 0 saturated carbocycles. The van der Waals surface area contributed by atoms with Gasteiger partial charge in [0, 0.05) is 21.5 Å². The van der Waals surface area contributed by atoms with Gasteiger partial charge in [-0.05, 0) is 37.6 Å². The predicted molar refractivity (Wildman–Crippen MR) is 86.7 cm³/mol. The quantitative estimate of drug-likeness (QED) is 0.804. The van der Waals surface area contributed by atoms with Gasteiger partial charge in [0.25, 0.3) is 0 Å². The lowest BCUT2D eigenvalue weighted by Gasteiger charge is -2.12. The molecule has 4 nitrogen and oxygen atoms in total. The highest BCUT2D eigenvalue weighted by molar-refractivity contribution is 9.10. The fraction of sp³-hybridized carbons (Fsp3) is 0.200. The van der Waals surface area contributed by atoms with Crippen molar-refractivity contribution in [2.24, 2.45) is 0 Å². The molecule has 0 atom stereocenters. The smallest absolute Gasteiger partial charge is 0.328 e. The van der Waals surface area contributed by atoms with Crippen LogP contribution < -0.4 is 4.74 Å². The summed E-state index contributed by atoms with van der Waals surface area (Å²) < 4.78 is 6.71. The lowest BCUT2D eigenvalue weighted by molar-refractivity contribution is -0.131. The Morgan fingerprint density at radius 2 is 2.24 bits per heavy atom. The maximum atomic E-state index is 10.7. The van der Waals surface area contributed by atoms with Crippen molar-refractivity contribution in [1.82, 2.24) is 4.98 Å². The van der Waals surface area contributed by atoms with Crippen molar-refractivity contribution in [3.05, 3.63) is 49.9 Å². The van der Waals surface area contributed by atoms with E-state index in [4.69, 9.17) is 9.84 Å². The molecule has 0 bridgehead atoms. The third kappa shape index (κ3) is 4.41. The first-order chi connectivity index (χ1) is 9.95. The van der Waals surface area contributed by atoms with E-state index >= 15 is 0 Å². The van der Waals surface area contributed by atoms with E-state index in [0.29, 0.717) is 12.4 Å². The van der Waals surface area contributed by atoms with Crippen molar-refractivity contribution in [1.29, 1.82) is 0 Å². The van der Waals surface area contributed by atoms with Gasteiger partial charge < -0.3 is 9.84 Å². The van der Waals surface area contributed by atoms with Crippen LogP contribution in [0.5, 0.6) is 5.75 Å². The number of aromatic nitrogens is 1. The zero-order valence-electron chi connectivity index (χ0n) is 11.6. The monoisotopic (exact) mass is 367 g/mol. The highest BCUT2D eigenvalue weighted by atomic mass is 79.9. The molecular weight excluding hydrogens is 354 g/mol. The Morgan fingerprint density at radius 1 is 1.48 bits per heavy atom. The van der Waals surface area contributed by atoms with Gasteiger partial charge in [0.2, 0.25) is 0 Å². The Bertz CT molecular complexity index is 694. The number of aryl methyl sites for hydroxylation is 2. The minimum atomic E-state index is -0.992. The second-order valence-electron chi connectivity index (χ2n) is 4.46. The van der Waals surface area contributed by atoms with Crippen LogP contribution in [-0.2, 0) is 11.4 Å². The zero-order valence-corrected chi connectivity index (χ0v) is 14.0. The lowest BCUT2D eigenvalue weighted by atomic mass is 10.1. The maximum Gasteiger partial charge on any atom is 0.328 e. The van der Waals surface area contributed by atoms with E-state index in [1.807, 2.05) is 31.4 Å².